The molecule has 1 N–H and O–H groups in total. The Balaban J connectivity index is 0.00000208. The molecule has 0 aliphatic carbocycles. The third kappa shape index (κ3) is 3.78. The summed E-state index contributed by atoms with van der Waals surface area (Å²) in [6.07, 6.45) is 1.12. The first-order valence-corrected chi connectivity index (χ1v) is 9.98. The molecule has 0 radical (unpaired) electrons. The van der Waals surface area contributed by atoms with Crippen LogP contribution in [0.1, 0.15) is 13.3 Å². The van der Waals surface area contributed by atoms with Crippen molar-refractivity contribution in [3.63, 3.8) is 0 Å². The molecule has 0 aliphatic heterocycles. The van der Waals surface area contributed by atoms with Gasteiger partial charge in [-0.25, -0.2) is 0 Å². The van der Waals surface area contributed by atoms with Crippen LogP contribution in [-0.2, 0) is 0 Å². The number of hydrogen-bond acceptors (Lipinski definition) is 1. The molecule has 24 heavy (non-hydrogen) atoms. The van der Waals surface area contributed by atoms with E-state index in [-0.39, 0.29) is 17.0 Å². The molecule has 0 amide bonds. The number of hydrogen-bond donors (Lipinski definition) is 1. The van der Waals surface area contributed by atoms with Crippen LogP contribution in [0.3, 0.4) is 0 Å². The fraction of sp³-hybridized carbons (Fsp3) is 0.143. The molecule has 0 atom stereocenters. The van der Waals surface area contributed by atoms with Gasteiger partial charge in [-0.1, -0.05) is 61.5 Å². The van der Waals surface area contributed by atoms with Crippen LogP contribution in [0.4, 0.5) is 0 Å². The lowest BCUT2D eigenvalue weighted by Crippen LogP contribution is -2.40. The van der Waals surface area contributed by atoms with Gasteiger partial charge >= 0.3 is 0 Å². The third-order valence-corrected chi connectivity index (χ3v) is 7.95. The molecular weight excluding hydrogens is 377 g/mol. The normalized spacial score (nSPS) is 10.9. The Hall–Kier alpha value is -1.47. The number of nitrogens with one attached hydrogen (secondary N) is 1. The second-order valence-corrected chi connectivity index (χ2v) is 8.79. The van der Waals surface area contributed by atoms with Crippen LogP contribution in [0.25, 0.3) is 0 Å². The second kappa shape index (κ2) is 9.13. The molecular formula is C21H24BrNP+. The van der Waals surface area contributed by atoms with E-state index in [0.717, 1.165) is 13.0 Å². The summed E-state index contributed by atoms with van der Waals surface area (Å²) in [6.45, 7) is 3.23. The van der Waals surface area contributed by atoms with Crippen molar-refractivity contribution in [1.29, 1.82) is 0 Å². The van der Waals surface area contributed by atoms with Crippen LogP contribution < -0.4 is 21.0 Å². The first-order valence-electron chi connectivity index (χ1n) is 8.19. The van der Waals surface area contributed by atoms with E-state index in [4.69, 9.17) is 0 Å². The smallest absolute Gasteiger partial charge is 0.178 e. The Morgan fingerprint density at radius 1 is 0.625 bits per heavy atom. The summed E-state index contributed by atoms with van der Waals surface area (Å²) in [5.41, 5.74) is 0. The van der Waals surface area contributed by atoms with E-state index in [2.05, 4.69) is 103 Å². The SMILES string of the molecule is Br.CCCN[P+](c1ccccc1)(c1ccccc1)c1ccccc1. The molecule has 0 unspecified atom stereocenters. The first-order chi connectivity index (χ1) is 11.4. The highest BCUT2D eigenvalue weighted by Crippen LogP contribution is 2.50. The van der Waals surface area contributed by atoms with Gasteiger partial charge in [-0.05, 0) is 42.8 Å². The van der Waals surface area contributed by atoms with Crippen molar-refractivity contribution >= 4 is 40.3 Å². The Morgan fingerprint density at radius 2 is 0.958 bits per heavy atom. The van der Waals surface area contributed by atoms with E-state index < -0.39 is 7.41 Å². The van der Waals surface area contributed by atoms with Gasteiger partial charge in [0.1, 0.15) is 15.9 Å². The summed E-state index contributed by atoms with van der Waals surface area (Å²) >= 11 is 0. The van der Waals surface area contributed by atoms with E-state index in [0.29, 0.717) is 0 Å². The molecule has 0 bridgehead atoms. The maximum Gasteiger partial charge on any atom is 0.178 e. The molecule has 3 heteroatoms. The Morgan fingerprint density at radius 3 is 1.25 bits per heavy atom. The van der Waals surface area contributed by atoms with Gasteiger partial charge in [-0.2, -0.15) is 5.09 Å². The molecule has 124 valence electrons. The lowest BCUT2D eigenvalue weighted by Gasteiger charge is -2.27. The number of halogens is 1. The molecule has 1 nitrogen and oxygen atoms in total. The number of rotatable bonds is 6. The fourth-order valence-electron chi connectivity index (χ4n) is 2.96. The zero-order valence-electron chi connectivity index (χ0n) is 13.9. The van der Waals surface area contributed by atoms with Crippen LogP contribution in [-0.4, -0.2) is 6.54 Å². The molecule has 3 aromatic rings. The summed E-state index contributed by atoms with van der Waals surface area (Å²) in [7, 11) is -1.82. The van der Waals surface area contributed by atoms with Crippen LogP contribution in [0.15, 0.2) is 91.0 Å². The molecule has 0 fully saturated rings. The summed E-state index contributed by atoms with van der Waals surface area (Å²) in [5.74, 6) is 0. The predicted octanol–water partition coefficient (Wildman–Crippen LogP) is 4.47. The fourth-order valence-corrected chi connectivity index (χ4v) is 6.81. The van der Waals surface area contributed by atoms with E-state index in [9.17, 15) is 0 Å². The average molecular weight is 401 g/mol. The van der Waals surface area contributed by atoms with Crippen LogP contribution >= 0.6 is 24.4 Å². The minimum absolute atomic E-state index is 0. The first kappa shape index (κ1) is 18.9. The monoisotopic (exact) mass is 400 g/mol. The zero-order valence-corrected chi connectivity index (χ0v) is 16.5. The van der Waals surface area contributed by atoms with Gasteiger partial charge in [0.05, 0.1) is 0 Å². The summed E-state index contributed by atoms with van der Waals surface area (Å²) in [5, 5.41) is 8.08. The third-order valence-electron chi connectivity index (χ3n) is 4.03. The highest BCUT2D eigenvalue weighted by molar-refractivity contribution is 8.93. The molecule has 0 heterocycles. The van der Waals surface area contributed by atoms with Crippen LogP contribution in [0.2, 0.25) is 0 Å². The van der Waals surface area contributed by atoms with Gasteiger partial charge < -0.3 is 0 Å². The van der Waals surface area contributed by atoms with Crippen molar-refractivity contribution in [2.45, 2.75) is 13.3 Å². The predicted molar refractivity (Wildman–Crippen MR) is 114 cm³/mol. The molecule has 0 aromatic heterocycles. The van der Waals surface area contributed by atoms with Crippen molar-refractivity contribution < 1.29 is 0 Å². The Kier molecular flexibility index (Phi) is 7.17. The van der Waals surface area contributed by atoms with Crippen molar-refractivity contribution in [1.82, 2.24) is 5.09 Å². The van der Waals surface area contributed by atoms with Gasteiger partial charge in [-0.15, -0.1) is 17.0 Å². The van der Waals surface area contributed by atoms with Crippen LogP contribution in [0, 0.1) is 0 Å². The molecule has 0 spiro atoms. The average Bonchev–Trinajstić information content (AvgIpc) is 2.65. The Bertz CT molecular complexity index is 620. The lowest BCUT2D eigenvalue weighted by molar-refractivity contribution is 0.868. The minimum atomic E-state index is -1.82. The maximum absolute atomic E-state index is 3.94. The molecule has 3 aromatic carbocycles. The van der Waals surface area contributed by atoms with Crippen LogP contribution in [0.5, 0.6) is 0 Å². The molecule has 0 saturated carbocycles. The van der Waals surface area contributed by atoms with Gasteiger partial charge in [0.25, 0.3) is 0 Å². The molecule has 0 aliphatic rings. The minimum Gasteiger partial charge on any atom is -0.178 e. The lowest BCUT2D eigenvalue weighted by atomic mass is 10.4. The standard InChI is InChI=1S/C21H23NP.BrH/c1-2-18-22-23(19-12-6-3-7-13-19,20-14-8-4-9-15-20)21-16-10-5-11-17-21;/h3-17,22H,2,18H2,1H3;1H/q+1;. The molecule has 0 saturated heterocycles. The van der Waals surface area contributed by atoms with Crippen molar-refractivity contribution in [3.05, 3.63) is 91.0 Å². The highest BCUT2D eigenvalue weighted by atomic mass is 79.9. The largest absolute Gasteiger partial charge is 0.178 e. The zero-order chi connectivity index (χ0) is 16.0. The topological polar surface area (TPSA) is 12.0 Å². The number of benzene rings is 3. The van der Waals surface area contributed by atoms with E-state index in [1.807, 2.05) is 0 Å². The van der Waals surface area contributed by atoms with E-state index in [1.165, 1.54) is 15.9 Å². The summed E-state index contributed by atoms with van der Waals surface area (Å²) < 4.78 is 0. The summed E-state index contributed by atoms with van der Waals surface area (Å²) in [4.78, 5) is 0. The van der Waals surface area contributed by atoms with E-state index in [1.54, 1.807) is 0 Å². The van der Waals surface area contributed by atoms with Gasteiger partial charge in [0.15, 0.2) is 7.41 Å². The van der Waals surface area contributed by atoms with Crippen molar-refractivity contribution in [3.8, 4) is 0 Å². The van der Waals surface area contributed by atoms with Crippen molar-refractivity contribution in [2.24, 2.45) is 0 Å². The van der Waals surface area contributed by atoms with Gasteiger partial charge in [0.2, 0.25) is 0 Å². The highest BCUT2D eigenvalue weighted by Gasteiger charge is 2.45. The summed E-state index contributed by atoms with van der Waals surface area (Å²) in [6, 6.07) is 32.7. The second-order valence-electron chi connectivity index (χ2n) is 5.59. The molecule has 3 rings (SSSR count). The van der Waals surface area contributed by atoms with Gasteiger partial charge in [0, 0.05) is 6.54 Å². The van der Waals surface area contributed by atoms with E-state index >= 15 is 0 Å². The van der Waals surface area contributed by atoms with Gasteiger partial charge in [-0.3, -0.25) is 0 Å². The quantitative estimate of drug-likeness (QED) is 0.601. The maximum atomic E-state index is 3.94. The van der Waals surface area contributed by atoms with Crippen molar-refractivity contribution in [2.75, 3.05) is 6.54 Å². The Labute approximate surface area is 156 Å².